The van der Waals surface area contributed by atoms with Crippen LogP contribution < -0.4 is 0 Å². The first kappa shape index (κ1) is 16.5. The minimum atomic E-state index is 0.142. The monoisotopic (exact) mass is 395 g/mol. The molecule has 0 aliphatic carbocycles. The number of halogens is 1. The first-order chi connectivity index (χ1) is 11.1. The van der Waals surface area contributed by atoms with Crippen molar-refractivity contribution in [3.05, 3.63) is 28.7 Å². The minimum absolute atomic E-state index is 0.142. The van der Waals surface area contributed by atoms with E-state index in [1.807, 2.05) is 29.2 Å². The van der Waals surface area contributed by atoms with Crippen LogP contribution in [-0.2, 0) is 4.79 Å². The highest BCUT2D eigenvalue weighted by Gasteiger charge is 2.23. The van der Waals surface area contributed by atoms with Crippen LogP contribution in [0.4, 0.5) is 0 Å². The largest absolute Gasteiger partial charge is 0.411 e. The number of benzene rings is 1. The molecule has 1 aromatic carbocycles. The second-order valence-electron chi connectivity index (χ2n) is 5.57. The molecule has 2 heterocycles. The fourth-order valence-corrected chi connectivity index (χ4v) is 3.79. The number of amides is 1. The van der Waals surface area contributed by atoms with Crippen molar-refractivity contribution in [2.24, 2.45) is 0 Å². The van der Waals surface area contributed by atoms with Crippen molar-refractivity contribution < 1.29 is 9.21 Å². The summed E-state index contributed by atoms with van der Waals surface area (Å²) in [5.74, 6) is 0.934. The molecule has 7 heteroatoms. The first-order valence-electron chi connectivity index (χ1n) is 7.66. The van der Waals surface area contributed by atoms with Crippen molar-refractivity contribution in [3.8, 4) is 11.5 Å². The van der Waals surface area contributed by atoms with Gasteiger partial charge in [-0.05, 0) is 54.2 Å². The van der Waals surface area contributed by atoms with Gasteiger partial charge in [-0.15, -0.1) is 10.2 Å². The predicted molar refractivity (Wildman–Crippen MR) is 93.2 cm³/mol. The molecular weight excluding hydrogens is 378 g/mol. The van der Waals surface area contributed by atoms with Crippen molar-refractivity contribution in [3.63, 3.8) is 0 Å². The fraction of sp³-hybridized carbons (Fsp3) is 0.438. The Balaban J connectivity index is 1.61. The van der Waals surface area contributed by atoms with E-state index < -0.39 is 0 Å². The molecule has 2 aromatic rings. The smallest absolute Gasteiger partial charge is 0.277 e. The van der Waals surface area contributed by atoms with Crippen LogP contribution in [-0.4, -0.2) is 39.3 Å². The van der Waals surface area contributed by atoms with Crippen LogP contribution in [0, 0.1) is 0 Å². The lowest BCUT2D eigenvalue weighted by Crippen LogP contribution is -2.42. The lowest BCUT2D eigenvalue weighted by Gasteiger charge is -2.33. The van der Waals surface area contributed by atoms with Gasteiger partial charge >= 0.3 is 0 Å². The third kappa shape index (κ3) is 3.95. The van der Waals surface area contributed by atoms with Crippen molar-refractivity contribution >= 4 is 33.6 Å². The summed E-state index contributed by atoms with van der Waals surface area (Å²) in [4.78, 5) is 14.3. The quantitative estimate of drug-likeness (QED) is 0.732. The highest BCUT2D eigenvalue weighted by Crippen LogP contribution is 2.29. The van der Waals surface area contributed by atoms with Crippen LogP contribution in [0.5, 0.6) is 0 Å². The topological polar surface area (TPSA) is 59.2 Å². The number of hydrogen-bond acceptors (Lipinski definition) is 5. The van der Waals surface area contributed by atoms with Crippen LogP contribution in [0.2, 0.25) is 0 Å². The zero-order valence-corrected chi connectivity index (χ0v) is 15.3. The number of thioether (sulfide) groups is 1. The second kappa shape index (κ2) is 7.49. The van der Waals surface area contributed by atoms with Crippen molar-refractivity contribution in [1.82, 2.24) is 15.1 Å². The zero-order valence-electron chi connectivity index (χ0n) is 12.9. The van der Waals surface area contributed by atoms with E-state index in [9.17, 15) is 4.79 Å². The molecule has 122 valence electrons. The van der Waals surface area contributed by atoms with Crippen molar-refractivity contribution in [2.75, 3.05) is 12.3 Å². The number of hydrogen-bond donors (Lipinski definition) is 0. The number of nitrogens with zero attached hydrogens (tertiary/aromatic N) is 3. The molecule has 0 saturated carbocycles. The van der Waals surface area contributed by atoms with Gasteiger partial charge in [-0.1, -0.05) is 23.9 Å². The lowest BCUT2D eigenvalue weighted by atomic mass is 10.0. The Labute approximate surface area is 148 Å². The average Bonchev–Trinajstić information content (AvgIpc) is 3.02. The first-order valence-corrected chi connectivity index (χ1v) is 9.43. The van der Waals surface area contributed by atoms with Gasteiger partial charge in [0.05, 0.1) is 11.3 Å². The molecule has 1 aliphatic heterocycles. The van der Waals surface area contributed by atoms with Gasteiger partial charge in [0.15, 0.2) is 0 Å². The van der Waals surface area contributed by atoms with Gasteiger partial charge in [0.2, 0.25) is 11.8 Å². The van der Waals surface area contributed by atoms with Gasteiger partial charge in [0, 0.05) is 17.1 Å². The summed E-state index contributed by atoms with van der Waals surface area (Å²) >= 11 is 4.77. The normalized spacial score (nSPS) is 18.2. The number of likely N-dealkylation sites (tertiary alicyclic amines) is 1. The molecular formula is C16H18BrN3O2S. The Morgan fingerprint density at radius 2 is 2.22 bits per heavy atom. The summed E-state index contributed by atoms with van der Waals surface area (Å²) < 4.78 is 6.56. The molecule has 1 fully saturated rings. The van der Waals surface area contributed by atoms with E-state index in [1.165, 1.54) is 18.2 Å². The lowest BCUT2D eigenvalue weighted by molar-refractivity contribution is -0.131. The standard InChI is InChI=1S/C16H18BrN3O2S/c1-11-6-4-5-9-20(11)14(21)10-23-16-19-18-15(22-16)12-7-2-3-8-13(12)17/h2-3,7-8,11H,4-6,9-10H2,1H3/t11-/m1/s1. The van der Waals surface area contributed by atoms with E-state index in [0.717, 1.165) is 29.4 Å². The van der Waals surface area contributed by atoms with E-state index in [1.54, 1.807) is 0 Å². The van der Waals surface area contributed by atoms with E-state index in [2.05, 4.69) is 33.1 Å². The third-order valence-corrected chi connectivity index (χ3v) is 5.45. The Morgan fingerprint density at radius 1 is 1.39 bits per heavy atom. The van der Waals surface area contributed by atoms with Crippen LogP contribution >= 0.6 is 27.7 Å². The molecule has 0 N–H and O–H groups in total. The molecule has 1 saturated heterocycles. The molecule has 5 nitrogen and oxygen atoms in total. The highest BCUT2D eigenvalue weighted by molar-refractivity contribution is 9.10. The van der Waals surface area contributed by atoms with Gasteiger partial charge in [-0.2, -0.15) is 0 Å². The number of piperidine rings is 1. The SMILES string of the molecule is C[C@@H]1CCCCN1C(=O)CSc1nnc(-c2ccccc2Br)o1. The van der Waals surface area contributed by atoms with Gasteiger partial charge in [-0.3, -0.25) is 4.79 Å². The molecule has 0 spiro atoms. The van der Waals surface area contributed by atoms with E-state index in [-0.39, 0.29) is 5.91 Å². The van der Waals surface area contributed by atoms with Crippen LogP contribution in [0.25, 0.3) is 11.5 Å². The maximum Gasteiger partial charge on any atom is 0.277 e. The molecule has 0 unspecified atom stereocenters. The number of carbonyl (C=O) groups is 1. The molecule has 0 bridgehead atoms. The molecule has 0 radical (unpaired) electrons. The van der Waals surface area contributed by atoms with E-state index in [4.69, 9.17) is 4.42 Å². The fourth-order valence-electron chi connectivity index (χ4n) is 2.69. The Kier molecular flexibility index (Phi) is 5.38. The van der Waals surface area contributed by atoms with Crippen LogP contribution in [0.15, 0.2) is 38.4 Å². The highest BCUT2D eigenvalue weighted by atomic mass is 79.9. The predicted octanol–water partition coefficient (Wildman–Crippen LogP) is 3.99. The maximum absolute atomic E-state index is 12.3. The zero-order chi connectivity index (χ0) is 16.2. The summed E-state index contributed by atoms with van der Waals surface area (Å²) in [7, 11) is 0. The molecule has 23 heavy (non-hydrogen) atoms. The van der Waals surface area contributed by atoms with E-state index in [0.29, 0.717) is 22.9 Å². The Morgan fingerprint density at radius 3 is 3.00 bits per heavy atom. The van der Waals surface area contributed by atoms with Gasteiger partial charge < -0.3 is 9.32 Å². The number of aromatic nitrogens is 2. The molecule has 1 aromatic heterocycles. The molecule has 3 rings (SSSR count). The van der Waals surface area contributed by atoms with Gasteiger partial charge in [-0.25, -0.2) is 0 Å². The third-order valence-electron chi connectivity index (χ3n) is 3.95. The summed E-state index contributed by atoms with van der Waals surface area (Å²) in [5.41, 5.74) is 0.850. The Hall–Kier alpha value is -1.34. The summed E-state index contributed by atoms with van der Waals surface area (Å²) in [6.45, 7) is 2.96. The van der Waals surface area contributed by atoms with Crippen molar-refractivity contribution in [1.29, 1.82) is 0 Å². The van der Waals surface area contributed by atoms with Gasteiger partial charge in [0.25, 0.3) is 5.22 Å². The van der Waals surface area contributed by atoms with Crippen molar-refractivity contribution in [2.45, 2.75) is 37.5 Å². The maximum atomic E-state index is 12.3. The summed E-state index contributed by atoms with van der Waals surface area (Å²) in [5, 5.41) is 8.51. The Bertz CT molecular complexity index is 691. The minimum Gasteiger partial charge on any atom is -0.411 e. The van der Waals surface area contributed by atoms with Crippen LogP contribution in [0.3, 0.4) is 0 Å². The molecule has 1 atom stereocenters. The number of carbonyl (C=O) groups excluding carboxylic acids is 1. The number of rotatable bonds is 4. The van der Waals surface area contributed by atoms with Crippen LogP contribution in [0.1, 0.15) is 26.2 Å². The molecule has 1 aliphatic rings. The van der Waals surface area contributed by atoms with E-state index >= 15 is 0 Å². The average molecular weight is 396 g/mol. The van der Waals surface area contributed by atoms with Gasteiger partial charge in [0.1, 0.15) is 0 Å². The summed E-state index contributed by atoms with van der Waals surface area (Å²) in [6.07, 6.45) is 3.38. The second-order valence-corrected chi connectivity index (χ2v) is 7.35. The summed E-state index contributed by atoms with van der Waals surface area (Å²) in [6, 6.07) is 8.01. The molecule has 1 amide bonds.